The molecule has 1 heterocycles. The fraction of sp³-hybridized carbons (Fsp3) is 0.0909. The number of hydrogen-bond donors (Lipinski definition) is 1. The summed E-state index contributed by atoms with van der Waals surface area (Å²) in [7, 11) is 0. The Morgan fingerprint density at radius 3 is 1.83 bits per heavy atom. The van der Waals surface area contributed by atoms with Crippen LogP contribution in [0.5, 0.6) is 0 Å². The van der Waals surface area contributed by atoms with Crippen LogP contribution in [-0.4, -0.2) is 5.84 Å². The van der Waals surface area contributed by atoms with E-state index in [-0.39, 0.29) is 22.7 Å². The number of hydrogen-bond acceptors (Lipinski definition) is 7. The Labute approximate surface area is 102 Å². The first-order valence-corrected chi connectivity index (χ1v) is 4.43. The first-order chi connectivity index (χ1) is 8.57. The second kappa shape index (κ2) is 4.50. The number of nitriles is 5. The number of amidine groups is 1. The van der Waals surface area contributed by atoms with Crippen molar-refractivity contribution in [1.29, 1.82) is 26.3 Å². The minimum atomic E-state index is -2.06. The van der Waals surface area contributed by atoms with Gasteiger partial charge in [-0.15, -0.1) is 0 Å². The van der Waals surface area contributed by atoms with E-state index in [1.54, 1.807) is 12.1 Å². The topological polar surface area (TPSA) is 157 Å². The zero-order valence-electron chi connectivity index (χ0n) is 8.84. The molecule has 1 rings (SSSR count). The molecule has 2 N–H and O–H groups in total. The van der Waals surface area contributed by atoms with Crippen molar-refractivity contribution in [2.45, 2.75) is 0 Å². The normalized spacial score (nSPS) is 15.9. The van der Waals surface area contributed by atoms with Crippen molar-refractivity contribution in [3.05, 3.63) is 22.9 Å². The van der Waals surface area contributed by atoms with Gasteiger partial charge in [-0.05, 0) is 6.08 Å². The summed E-state index contributed by atoms with van der Waals surface area (Å²) in [6.45, 7) is 0. The third kappa shape index (κ3) is 1.74. The standard InChI is InChI=1S/C11H3N7/c12-2-7-8(3-13)10(17)18-9(7)1-11(4-14,5-15)6-16/h1H,(H2,17,18). The molecule has 0 fully saturated rings. The Morgan fingerprint density at radius 1 is 0.944 bits per heavy atom. The highest BCUT2D eigenvalue weighted by Crippen LogP contribution is 2.28. The Balaban J connectivity index is 3.51. The highest BCUT2D eigenvalue weighted by atomic mass is 14.9. The van der Waals surface area contributed by atoms with Crippen molar-refractivity contribution in [2.24, 2.45) is 16.1 Å². The largest absolute Gasteiger partial charge is 0.383 e. The zero-order valence-corrected chi connectivity index (χ0v) is 8.84. The van der Waals surface area contributed by atoms with Gasteiger partial charge in [0.2, 0.25) is 5.41 Å². The molecule has 0 atom stereocenters. The smallest absolute Gasteiger partial charge is 0.249 e. The average Bonchev–Trinajstić information content (AvgIpc) is 2.70. The summed E-state index contributed by atoms with van der Waals surface area (Å²) in [5.74, 6) is -0.178. The Hall–Kier alpha value is -3.60. The SMILES string of the molecule is N#CC1=C(C#N)C(N)=NC1=CC(C#N)(C#N)C#N. The van der Waals surface area contributed by atoms with Crippen LogP contribution in [0.15, 0.2) is 27.9 Å². The van der Waals surface area contributed by atoms with Crippen molar-refractivity contribution in [3.8, 4) is 30.3 Å². The molecule has 0 aromatic heterocycles. The fourth-order valence-corrected chi connectivity index (χ4v) is 1.21. The number of aliphatic imine (C=N–C) groups is 1. The van der Waals surface area contributed by atoms with E-state index < -0.39 is 5.41 Å². The summed E-state index contributed by atoms with van der Waals surface area (Å²) >= 11 is 0. The fourth-order valence-electron chi connectivity index (χ4n) is 1.21. The van der Waals surface area contributed by atoms with E-state index >= 15 is 0 Å². The maximum absolute atomic E-state index is 8.89. The number of rotatable bonds is 1. The predicted molar refractivity (Wildman–Crippen MR) is 57.2 cm³/mol. The van der Waals surface area contributed by atoms with Gasteiger partial charge in [0.1, 0.15) is 41.8 Å². The summed E-state index contributed by atoms with van der Waals surface area (Å²) in [4.78, 5) is 3.70. The summed E-state index contributed by atoms with van der Waals surface area (Å²) in [6, 6.07) is 7.93. The number of nitrogens with zero attached hydrogens (tertiary/aromatic N) is 6. The third-order valence-electron chi connectivity index (χ3n) is 2.11. The monoisotopic (exact) mass is 233 g/mol. The van der Waals surface area contributed by atoms with Crippen molar-refractivity contribution >= 4 is 5.84 Å². The molecule has 7 heteroatoms. The summed E-state index contributed by atoms with van der Waals surface area (Å²) in [6.07, 6.45) is 0.919. The minimum absolute atomic E-state index is 0.115. The van der Waals surface area contributed by atoms with E-state index in [1.807, 2.05) is 0 Å². The second-order valence-corrected chi connectivity index (χ2v) is 3.14. The van der Waals surface area contributed by atoms with Crippen LogP contribution in [0, 0.1) is 62.1 Å². The molecule has 0 aliphatic carbocycles. The molecule has 7 nitrogen and oxygen atoms in total. The molecule has 0 aromatic rings. The highest BCUT2D eigenvalue weighted by molar-refractivity contribution is 6.06. The van der Waals surface area contributed by atoms with Gasteiger partial charge in [-0.1, -0.05) is 0 Å². The van der Waals surface area contributed by atoms with Crippen molar-refractivity contribution in [1.82, 2.24) is 0 Å². The molecular formula is C11H3N7. The first-order valence-electron chi connectivity index (χ1n) is 4.43. The third-order valence-corrected chi connectivity index (χ3v) is 2.11. The van der Waals surface area contributed by atoms with E-state index in [1.165, 1.54) is 18.2 Å². The zero-order chi connectivity index (χ0) is 13.8. The molecule has 0 radical (unpaired) electrons. The molecule has 1 aliphatic heterocycles. The Bertz CT molecular complexity index is 665. The van der Waals surface area contributed by atoms with Crippen LogP contribution in [0.3, 0.4) is 0 Å². The maximum atomic E-state index is 8.89. The molecule has 0 bridgehead atoms. The highest BCUT2D eigenvalue weighted by Gasteiger charge is 2.31. The molecule has 1 aliphatic rings. The predicted octanol–water partition coefficient (Wildman–Crippen LogP) is 0.142. The lowest BCUT2D eigenvalue weighted by Crippen LogP contribution is -2.11. The van der Waals surface area contributed by atoms with Crippen LogP contribution < -0.4 is 5.73 Å². The molecule has 0 spiro atoms. The van der Waals surface area contributed by atoms with E-state index in [2.05, 4.69) is 4.99 Å². The molecule has 0 saturated heterocycles. The Morgan fingerprint density at radius 2 is 1.44 bits per heavy atom. The lowest BCUT2D eigenvalue weighted by molar-refractivity contribution is 0.865. The van der Waals surface area contributed by atoms with Crippen molar-refractivity contribution in [3.63, 3.8) is 0 Å². The van der Waals surface area contributed by atoms with E-state index in [4.69, 9.17) is 32.0 Å². The lowest BCUT2D eigenvalue weighted by Gasteiger charge is -2.02. The van der Waals surface area contributed by atoms with Crippen molar-refractivity contribution < 1.29 is 0 Å². The summed E-state index contributed by atoms with van der Waals surface area (Å²) in [5, 5.41) is 44.1. The molecular weight excluding hydrogens is 230 g/mol. The van der Waals surface area contributed by atoms with Crippen LogP contribution in [0.1, 0.15) is 0 Å². The van der Waals surface area contributed by atoms with Gasteiger partial charge in [0.15, 0.2) is 0 Å². The number of allylic oxidation sites excluding steroid dienone is 2. The average molecular weight is 233 g/mol. The molecule has 0 saturated carbocycles. The molecule has 0 amide bonds. The molecule has 82 valence electrons. The van der Waals surface area contributed by atoms with Gasteiger partial charge in [0.05, 0.1) is 11.3 Å². The molecule has 0 aromatic carbocycles. The Kier molecular flexibility index (Phi) is 3.12. The van der Waals surface area contributed by atoms with Crippen molar-refractivity contribution in [2.75, 3.05) is 0 Å². The molecule has 18 heavy (non-hydrogen) atoms. The van der Waals surface area contributed by atoms with Crippen LogP contribution in [-0.2, 0) is 0 Å². The van der Waals surface area contributed by atoms with E-state index in [0.29, 0.717) is 0 Å². The first kappa shape index (κ1) is 12.5. The van der Waals surface area contributed by atoms with E-state index in [9.17, 15) is 0 Å². The van der Waals surface area contributed by atoms with Gasteiger partial charge in [-0.25, -0.2) is 4.99 Å². The molecule has 0 unspecified atom stereocenters. The van der Waals surface area contributed by atoms with Gasteiger partial charge in [0, 0.05) is 0 Å². The van der Waals surface area contributed by atoms with Crippen LogP contribution in [0.25, 0.3) is 0 Å². The van der Waals surface area contributed by atoms with Gasteiger partial charge in [0.25, 0.3) is 0 Å². The van der Waals surface area contributed by atoms with Crippen LogP contribution in [0.4, 0.5) is 0 Å². The maximum Gasteiger partial charge on any atom is 0.249 e. The number of nitrogens with two attached hydrogens (primary N) is 1. The van der Waals surface area contributed by atoms with Gasteiger partial charge < -0.3 is 5.73 Å². The quantitative estimate of drug-likeness (QED) is 0.678. The van der Waals surface area contributed by atoms with Crippen LogP contribution >= 0.6 is 0 Å². The van der Waals surface area contributed by atoms with Crippen LogP contribution in [0.2, 0.25) is 0 Å². The van der Waals surface area contributed by atoms with Gasteiger partial charge in [-0.3, -0.25) is 0 Å². The van der Waals surface area contributed by atoms with E-state index in [0.717, 1.165) is 6.08 Å². The summed E-state index contributed by atoms with van der Waals surface area (Å²) in [5.41, 5.74) is 2.95. The summed E-state index contributed by atoms with van der Waals surface area (Å²) < 4.78 is 0. The minimum Gasteiger partial charge on any atom is -0.383 e. The lowest BCUT2D eigenvalue weighted by atomic mass is 9.91. The second-order valence-electron chi connectivity index (χ2n) is 3.14. The van der Waals surface area contributed by atoms with Gasteiger partial charge >= 0.3 is 0 Å². The van der Waals surface area contributed by atoms with Gasteiger partial charge in [-0.2, -0.15) is 26.3 Å².